The van der Waals surface area contributed by atoms with Crippen molar-refractivity contribution in [2.45, 2.75) is 5.92 Å². The topological polar surface area (TPSA) is 88.5 Å². The van der Waals surface area contributed by atoms with Gasteiger partial charge >= 0.3 is 0 Å². The lowest BCUT2D eigenvalue weighted by Crippen LogP contribution is -2.21. The second-order valence-corrected chi connectivity index (χ2v) is 6.08. The van der Waals surface area contributed by atoms with Crippen LogP contribution in [0.1, 0.15) is 17.0 Å². The summed E-state index contributed by atoms with van der Waals surface area (Å²) >= 11 is 0. The number of methoxy groups -OCH3 is 1. The molecule has 1 aliphatic heterocycles. The molecule has 0 saturated heterocycles. The Kier molecular flexibility index (Phi) is 3.67. The van der Waals surface area contributed by atoms with Crippen molar-refractivity contribution in [3.05, 3.63) is 77.2 Å². The van der Waals surface area contributed by atoms with Gasteiger partial charge in [0.05, 0.1) is 13.0 Å². The molecule has 3 N–H and O–H groups in total. The van der Waals surface area contributed by atoms with Crippen molar-refractivity contribution in [3.8, 4) is 23.3 Å². The third-order valence-electron chi connectivity index (χ3n) is 4.64. The summed E-state index contributed by atoms with van der Waals surface area (Å²) < 4.78 is 10.9. The van der Waals surface area contributed by atoms with E-state index in [2.05, 4.69) is 6.07 Å². The SMILES string of the molecule is COc1ccc([C@@H]2C(C#N)=C(N)Oc3ccc4ccc(O)cc4c32)cc1. The Hall–Kier alpha value is -3.65. The molecule has 0 fully saturated rings. The van der Waals surface area contributed by atoms with Gasteiger partial charge in [-0.15, -0.1) is 0 Å². The maximum absolute atomic E-state index is 9.97. The molecule has 0 radical (unpaired) electrons. The fourth-order valence-electron chi connectivity index (χ4n) is 3.41. The van der Waals surface area contributed by atoms with Gasteiger partial charge in [-0.05, 0) is 46.7 Å². The summed E-state index contributed by atoms with van der Waals surface area (Å²) in [4.78, 5) is 0. The number of ether oxygens (including phenoxy) is 2. The van der Waals surface area contributed by atoms with Crippen LogP contribution in [0.25, 0.3) is 10.8 Å². The van der Waals surface area contributed by atoms with Gasteiger partial charge in [-0.1, -0.05) is 24.3 Å². The first-order valence-corrected chi connectivity index (χ1v) is 8.09. The molecule has 0 amide bonds. The van der Waals surface area contributed by atoms with Crippen LogP contribution in [-0.4, -0.2) is 12.2 Å². The first-order chi connectivity index (χ1) is 12.6. The average molecular weight is 344 g/mol. The number of fused-ring (bicyclic) bond motifs is 3. The summed E-state index contributed by atoms with van der Waals surface area (Å²) in [6.07, 6.45) is 0. The van der Waals surface area contributed by atoms with Gasteiger partial charge < -0.3 is 20.3 Å². The Bertz CT molecular complexity index is 1080. The van der Waals surface area contributed by atoms with Gasteiger partial charge in [0.15, 0.2) is 0 Å². The maximum Gasteiger partial charge on any atom is 0.205 e. The largest absolute Gasteiger partial charge is 0.508 e. The monoisotopic (exact) mass is 344 g/mol. The number of nitriles is 1. The van der Waals surface area contributed by atoms with Gasteiger partial charge in [0.1, 0.15) is 28.9 Å². The second kappa shape index (κ2) is 6.01. The summed E-state index contributed by atoms with van der Waals surface area (Å²) in [6.45, 7) is 0. The lowest BCUT2D eigenvalue weighted by Gasteiger charge is -2.28. The van der Waals surface area contributed by atoms with E-state index in [0.717, 1.165) is 27.6 Å². The van der Waals surface area contributed by atoms with Crippen LogP contribution < -0.4 is 15.2 Å². The minimum atomic E-state index is -0.389. The molecular formula is C21H16N2O3. The van der Waals surface area contributed by atoms with Crippen molar-refractivity contribution in [2.75, 3.05) is 7.11 Å². The number of phenols is 1. The maximum atomic E-state index is 9.97. The second-order valence-electron chi connectivity index (χ2n) is 6.08. The van der Waals surface area contributed by atoms with E-state index in [1.54, 1.807) is 19.2 Å². The predicted octanol–water partition coefficient (Wildman–Crippen LogP) is 3.77. The molecular weight excluding hydrogens is 328 g/mol. The van der Waals surface area contributed by atoms with Crippen LogP contribution in [0.5, 0.6) is 17.2 Å². The molecule has 1 aliphatic rings. The minimum absolute atomic E-state index is 0.0975. The fraction of sp³-hybridized carbons (Fsp3) is 0.0952. The zero-order chi connectivity index (χ0) is 18.3. The van der Waals surface area contributed by atoms with Gasteiger partial charge in [-0.3, -0.25) is 0 Å². The number of phenolic OH excluding ortho intramolecular Hbond substituents is 1. The summed E-state index contributed by atoms with van der Waals surface area (Å²) in [6, 6.07) is 18.6. The normalized spacial score (nSPS) is 15.9. The highest BCUT2D eigenvalue weighted by Crippen LogP contribution is 2.46. The number of hydrogen-bond donors (Lipinski definition) is 2. The third kappa shape index (κ3) is 2.40. The van der Waals surface area contributed by atoms with Crippen molar-refractivity contribution >= 4 is 10.8 Å². The zero-order valence-electron chi connectivity index (χ0n) is 14.1. The summed E-state index contributed by atoms with van der Waals surface area (Å²) in [5.74, 6) is 1.17. The minimum Gasteiger partial charge on any atom is -0.508 e. The van der Waals surface area contributed by atoms with Crippen LogP contribution in [0.4, 0.5) is 0 Å². The molecule has 0 aliphatic carbocycles. The first-order valence-electron chi connectivity index (χ1n) is 8.09. The van der Waals surface area contributed by atoms with Gasteiger partial charge in [-0.2, -0.15) is 5.26 Å². The lowest BCUT2D eigenvalue weighted by atomic mass is 9.81. The number of nitrogens with two attached hydrogens (primary N) is 1. The summed E-state index contributed by atoms with van der Waals surface area (Å²) in [5, 5.41) is 21.4. The van der Waals surface area contributed by atoms with Gasteiger partial charge in [0, 0.05) is 5.56 Å². The molecule has 1 heterocycles. The van der Waals surface area contributed by atoms with Crippen molar-refractivity contribution in [2.24, 2.45) is 5.73 Å². The van der Waals surface area contributed by atoms with Crippen molar-refractivity contribution in [3.63, 3.8) is 0 Å². The third-order valence-corrected chi connectivity index (χ3v) is 4.64. The molecule has 0 saturated carbocycles. The number of nitrogens with zero attached hydrogens (tertiary/aromatic N) is 1. The summed E-state index contributed by atoms with van der Waals surface area (Å²) in [7, 11) is 1.60. The van der Waals surface area contributed by atoms with E-state index in [1.165, 1.54) is 0 Å². The number of hydrogen-bond acceptors (Lipinski definition) is 5. The molecule has 128 valence electrons. The van der Waals surface area contributed by atoms with Crippen LogP contribution in [0.15, 0.2) is 66.1 Å². The van der Waals surface area contributed by atoms with Gasteiger partial charge in [0.2, 0.25) is 5.88 Å². The number of allylic oxidation sites excluding steroid dienone is 1. The van der Waals surface area contributed by atoms with E-state index < -0.39 is 0 Å². The highest BCUT2D eigenvalue weighted by molar-refractivity contribution is 5.91. The van der Waals surface area contributed by atoms with E-state index in [1.807, 2.05) is 42.5 Å². The Labute approximate surface area is 150 Å². The standard InChI is InChI=1S/C21H16N2O3/c1-25-15-7-3-13(4-8-15)19-17(11-22)21(23)26-18-9-5-12-2-6-14(24)10-16(12)20(18)19/h2-10,19,24H,23H2,1H3/t19-/m1/s1. The number of benzene rings is 3. The Morgan fingerprint density at radius 1 is 1.12 bits per heavy atom. The number of aromatic hydroxyl groups is 1. The molecule has 5 heteroatoms. The Balaban J connectivity index is 2.02. The van der Waals surface area contributed by atoms with E-state index in [0.29, 0.717) is 11.3 Å². The lowest BCUT2D eigenvalue weighted by molar-refractivity contribution is 0.394. The molecule has 0 unspecified atom stereocenters. The quantitative estimate of drug-likeness (QED) is 0.739. The van der Waals surface area contributed by atoms with Crippen molar-refractivity contribution in [1.29, 1.82) is 5.26 Å². The molecule has 4 rings (SSSR count). The molecule has 0 spiro atoms. The van der Waals surface area contributed by atoms with E-state index in [-0.39, 0.29) is 17.6 Å². The molecule has 3 aromatic rings. The van der Waals surface area contributed by atoms with E-state index in [4.69, 9.17) is 15.2 Å². The molecule has 1 atom stereocenters. The smallest absolute Gasteiger partial charge is 0.205 e. The highest BCUT2D eigenvalue weighted by atomic mass is 16.5. The first kappa shape index (κ1) is 15.9. The zero-order valence-corrected chi connectivity index (χ0v) is 14.1. The van der Waals surface area contributed by atoms with Gasteiger partial charge in [0.25, 0.3) is 0 Å². The van der Waals surface area contributed by atoms with Gasteiger partial charge in [-0.25, -0.2) is 0 Å². The Morgan fingerprint density at radius 3 is 2.54 bits per heavy atom. The van der Waals surface area contributed by atoms with Crippen LogP contribution in [-0.2, 0) is 0 Å². The molecule has 26 heavy (non-hydrogen) atoms. The molecule has 0 aromatic heterocycles. The van der Waals surface area contributed by atoms with Crippen LogP contribution in [0.2, 0.25) is 0 Å². The van der Waals surface area contributed by atoms with E-state index >= 15 is 0 Å². The highest BCUT2D eigenvalue weighted by Gasteiger charge is 2.32. The fourth-order valence-corrected chi connectivity index (χ4v) is 3.41. The summed E-state index contributed by atoms with van der Waals surface area (Å²) in [5.41, 5.74) is 8.08. The van der Waals surface area contributed by atoms with Crippen molar-refractivity contribution < 1.29 is 14.6 Å². The predicted molar refractivity (Wildman–Crippen MR) is 97.9 cm³/mol. The molecule has 0 bridgehead atoms. The van der Waals surface area contributed by atoms with Crippen LogP contribution in [0.3, 0.4) is 0 Å². The molecule has 3 aromatic carbocycles. The van der Waals surface area contributed by atoms with E-state index in [9.17, 15) is 10.4 Å². The van der Waals surface area contributed by atoms with Crippen LogP contribution in [0, 0.1) is 11.3 Å². The van der Waals surface area contributed by atoms with Crippen molar-refractivity contribution in [1.82, 2.24) is 0 Å². The van der Waals surface area contributed by atoms with Crippen LogP contribution >= 0.6 is 0 Å². The molecule has 5 nitrogen and oxygen atoms in total. The Morgan fingerprint density at radius 2 is 1.85 bits per heavy atom. The number of rotatable bonds is 2. The average Bonchev–Trinajstić information content (AvgIpc) is 2.66.